The highest BCUT2D eigenvalue weighted by atomic mass is 16.3. The summed E-state index contributed by atoms with van der Waals surface area (Å²) in [6.07, 6.45) is 3.02. The van der Waals surface area contributed by atoms with Crippen LogP contribution in [0.2, 0.25) is 0 Å². The Bertz CT molecular complexity index is 258. The number of H-pyrrole nitrogens is 1. The van der Waals surface area contributed by atoms with E-state index in [0.717, 1.165) is 0 Å². The highest BCUT2D eigenvalue weighted by Crippen LogP contribution is 2.00. The maximum Gasteiger partial charge on any atom is 0.257 e. The maximum absolute atomic E-state index is 11.6. The fourth-order valence-electron chi connectivity index (χ4n) is 1.07. The summed E-state index contributed by atoms with van der Waals surface area (Å²) in [6.45, 7) is 2.80. The number of nitrogens with one attached hydrogen (secondary N) is 1. The average Bonchev–Trinajstić information content (AvgIpc) is 2.65. The Morgan fingerprint density at radius 1 is 1.77 bits per heavy atom. The molecule has 0 atom stereocenters. The van der Waals surface area contributed by atoms with Crippen molar-refractivity contribution >= 4 is 5.91 Å². The van der Waals surface area contributed by atoms with Crippen LogP contribution in [-0.2, 0) is 0 Å². The van der Waals surface area contributed by atoms with Crippen LogP contribution in [0.25, 0.3) is 0 Å². The van der Waals surface area contributed by atoms with Gasteiger partial charge in [-0.1, -0.05) is 0 Å². The summed E-state index contributed by atoms with van der Waals surface area (Å²) in [5.41, 5.74) is 0.523. The van der Waals surface area contributed by atoms with Gasteiger partial charge in [-0.25, -0.2) is 0 Å². The number of likely N-dealkylation sites (N-methyl/N-ethyl adjacent to an activating group) is 1. The molecule has 0 aliphatic rings. The first kappa shape index (κ1) is 9.73. The van der Waals surface area contributed by atoms with E-state index in [-0.39, 0.29) is 12.5 Å². The summed E-state index contributed by atoms with van der Waals surface area (Å²) in [5, 5.41) is 15.0. The highest BCUT2D eigenvalue weighted by Gasteiger charge is 2.13. The number of hydrogen-bond acceptors (Lipinski definition) is 3. The number of rotatable bonds is 4. The van der Waals surface area contributed by atoms with Gasteiger partial charge < -0.3 is 10.0 Å². The summed E-state index contributed by atoms with van der Waals surface area (Å²) in [6, 6.07) is 0. The maximum atomic E-state index is 11.6. The van der Waals surface area contributed by atoms with Crippen molar-refractivity contribution in [2.75, 3.05) is 19.7 Å². The SMILES string of the molecule is CCN(CCO)C(=O)c1cn[nH]c1. The topological polar surface area (TPSA) is 69.2 Å². The fraction of sp³-hybridized carbons (Fsp3) is 0.500. The normalized spacial score (nSPS) is 10.0. The fourth-order valence-corrected chi connectivity index (χ4v) is 1.07. The second-order valence-corrected chi connectivity index (χ2v) is 2.60. The van der Waals surface area contributed by atoms with Gasteiger partial charge in [-0.2, -0.15) is 5.10 Å². The Hall–Kier alpha value is -1.36. The molecule has 0 aliphatic carbocycles. The van der Waals surface area contributed by atoms with E-state index in [1.807, 2.05) is 6.92 Å². The van der Waals surface area contributed by atoms with Gasteiger partial charge in [0.15, 0.2) is 0 Å². The lowest BCUT2D eigenvalue weighted by Gasteiger charge is -2.18. The third-order valence-electron chi connectivity index (χ3n) is 1.78. The summed E-state index contributed by atoms with van der Waals surface area (Å²) in [7, 11) is 0. The minimum absolute atomic E-state index is 0.0164. The van der Waals surface area contributed by atoms with Crippen LogP contribution in [0.15, 0.2) is 12.4 Å². The molecule has 2 N–H and O–H groups in total. The third-order valence-corrected chi connectivity index (χ3v) is 1.78. The average molecular weight is 183 g/mol. The molecule has 1 amide bonds. The van der Waals surface area contributed by atoms with Crippen molar-refractivity contribution in [3.8, 4) is 0 Å². The van der Waals surface area contributed by atoms with Gasteiger partial charge in [-0.15, -0.1) is 0 Å². The van der Waals surface area contributed by atoms with Gasteiger partial charge in [-0.05, 0) is 6.92 Å². The summed E-state index contributed by atoms with van der Waals surface area (Å²) in [4.78, 5) is 13.1. The number of carbonyl (C=O) groups excluding carboxylic acids is 1. The second kappa shape index (κ2) is 4.61. The smallest absolute Gasteiger partial charge is 0.257 e. The van der Waals surface area contributed by atoms with E-state index in [1.165, 1.54) is 6.20 Å². The number of carbonyl (C=O) groups is 1. The van der Waals surface area contributed by atoms with Gasteiger partial charge in [0.1, 0.15) is 0 Å². The van der Waals surface area contributed by atoms with E-state index in [9.17, 15) is 4.79 Å². The van der Waals surface area contributed by atoms with Gasteiger partial charge in [0.25, 0.3) is 5.91 Å². The number of hydrogen-bond donors (Lipinski definition) is 2. The molecule has 1 aromatic heterocycles. The molecule has 1 rings (SSSR count). The number of aromatic nitrogens is 2. The molecule has 0 saturated carbocycles. The van der Waals surface area contributed by atoms with Crippen LogP contribution in [0.3, 0.4) is 0 Å². The zero-order valence-corrected chi connectivity index (χ0v) is 7.53. The minimum atomic E-state index is -0.106. The van der Waals surface area contributed by atoms with E-state index < -0.39 is 0 Å². The van der Waals surface area contributed by atoms with Crippen LogP contribution in [0.1, 0.15) is 17.3 Å². The Labute approximate surface area is 76.4 Å². The summed E-state index contributed by atoms with van der Waals surface area (Å²) in [5.74, 6) is -0.106. The van der Waals surface area contributed by atoms with Crippen molar-refractivity contribution in [2.24, 2.45) is 0 Å². The molecular formula is C8H13N3O2. The van der Waals surface area contributed by atoms with E-state index in [0.29, 0.717) is 18.7 Å². The molecule has 0 spiro atoms. The molecule has 0 radical (unpaired) electrons. The zero-order valence-electron chi connectivity index (χ0n) is 7.53. The van der Waals surface area contributed by atoms with Crippen molar-refractivity contribution < 1.29 is 9.90 Å². The number of aliphatic hydroxyl groups is 1. The molecule has 5 nitrogen and oxygen atoms in total. The first-order chi connectivity index (χ1) is 6.29. The molecule has 1 aromatic rings. The molecule has 0 bridgehead atoms. The van der Waals surface area contributed by atoms with E-state index >= 15 is 0 Å². The van der Waals surface area contributed by atoms with Crippen LogP contribution >= 0.6 is 0 Å². The van der Waals surface area contributed by atoms with Crippen LogP contribution in [0.5, 0.6) is 0 Å². The second-order valence-electron chi connectivity index (χ2n) is 2.60. The van der Waals surface area contributed by atoms with E-state index in [1.54, 1.807) is 11.1 Å². The number of nitrogens with zero attached hydrogens (tertiary/aromatic N) is 2. The lowest BCUT2D eigenvalue weighted by Crippen LogP contribution is -2.33. The third kappa shape index (κ3) is 2.29. The Morgan fingerprint density at radius 2 is 2.54 bits per heavy atom. The monoisotopic (exact) mass is 183 g/mol. The molecule has 13 heavy (non-hydrogen) atoms. The van der Waals surface area contributed by atoms with Crippen LogP contribution in [0, 0.1) is 0 Å². The van der Waals surface area contributed by atoms with Crippen molar-refractivity contribution in [2.45, 2.75) is 6.92 Å². The molecule has 0 aliphatic heterocycles. The highest BCUT2D eigenvalue weighted by molar-refractivity contribution is 5.93. The molecule has 1 heterocycles. The minimum Gasteiger partial charge on any atom is -0.395 e. The van der Waals surface area contributed by atoms with Crippen LogP contribution < -0.4 is 0 Å². The quantitative estimate of drug-likeness (QED) is 0.682. The zero-order chi connectivity index (χ0) is 9.68. The lowest BCUT2D eigenvalue weighted by molar-refractivity contribution is 0.0732. The van der Waals surface area contributed by atoms with Gasteiger partial charge in [-0.3, -0.25) is 9.89 Å². The molecule has 0 aromatic carbocycles. The lowest BCUT2D eigenvalue weighted by atomic mass is 10.3. The van der Waals surface area contributed by atoms with Crippen molar-refractivity contribution in [3.63, 3.8) is 0 Å². The molecular weight excluding hydrogens is 170 g/mol. The molecule has 0 unspecified atom stereocenters. The van der Waals surface area contributed by atoms with Gasteiger partial charge in [0.2, 0.25) is 0 Å². The van der Waals surface area contributed by atoms with Crippen LogP contribution in [-0.4, -0.2) is 45.8 Å². The Kier molecular flexibility index (Phi) is 3.45. The molecule has 72 valence electrons. The largest absolute Gasteiger partial charge is 0.395 e. The van der Waals surface area contributed by atoms with Crippen molar-refractivity contribution in [3.05, 3.63) is 18.0 Å². The predicted molar refractivity (Wildman–Crippen MR) is 47.3 cm³/mol. The number of aromatic amines is 1. The van der Waals surface area contributed by atoms with E-state index in [2.05, 4.69) is 10.2 Å². The Balaban J connectivity index is 2.65. The molecule has 5 heteroatoms. The van der Waals surface area contributed by atoms with Crippen LogP contribution in [0.4, 0.5) is 0 Å². The number of aliphatic hydroxyl groups excluding tert-OH is 1. The van der Waals surface area contributed by atoms with Crippen molar-refractivity contribution in [1.29, 1.82) is 0 Å². The van der Waals surface area contributed by atoms with Crippen molar-refractivity contribution in [1.82, 2.24) is 15.1 Å². The van der Waals surface area contributed by atoms with Gasteiger partial charge >= 0.3 is 0 Å². The van der Waals surface area contributed by atoms with Gasteiger partial charge in [0.05, 0.1) is 18.4 Å². The standard InChI is InChI=1S/C8H13N3O2/c1-2-11(3-4-12)8(13)7-5-9-10-6-7/h5-6,12H,2-4H2,1H3,(H,9,10). The molecule has 0 saturated heterocycles. The summed E-state index contributed by atoms with van der Waals surface area (Å²) < 4.78 is 0. The predicted octanol–water partition coefficient (Wildman–Crippen LogP) is -0.136. The van der Waals surface area contributed by atoms with Gasteiger partial charge in [0, 0.05) is 19.3 Å². The molecule has 0 fully saturated rings. The first-order valence-electron chi connectivity index (χ1n) is 4.18. The number of amides is 1. The first-order valence-corrected chi connectivity index (χ1v) is 4.18. The summed E-state index contributed by atoms with van der Waals surface area (Å²) >= 11 is 0. The van der Waals surface area contributed by atoms with E-state index in [4.69, 9.17) is 5.11 Å². The Morgan fingerprint density at radius 3 is 3.00 bits per heavy atom.